The number of aromatic nitrogens is 1. The van der Waals surface area contributed by atoms with E-state index in [9.17, 15) is 14.0 Å². The standard InChI is InChI=1S/C25H36FN3O4/c1-25(2,3)33-24(31)29-14-10-18(11-15-29)17-32-22-9-8-21(16-28-22)19-4-6-20(7-5-19)23(30)27-13-12-26/h4,8-9,16,18,20H,5-7,10-15,17H2,1-3H3,(H,27,30). The fourth-order valence-electron chi connectivity index (χ4n) is 4.12. The maximum Gasteiger partial charge on any atom is 0.410 e. The lowest BCUT2D eigenvalue weighted by molar-refractivity contribution is -0.125. The van der Waals surface area contributed by atoms with Gasteiger partial charge in [-0.1, -0.05) is 6.08 Å². The van der Waals surface area contributed by atoms with E-state index in [1.807, 2.05) is 39.1 Å². The van der Waals surface area contributed by atoms with Gasteiger partial charge in [-0.25, -0.2) is 14.2 Å². The molecule has 0 radical (unpaired) electrons. The number of pyridine rings is 1. The first-order chi connectivity index (χ1) is 15.7. The fraction of sp³-hybridized carbons (Fsp3) is 0.640. The Morgan fingerprint density at radius 1 is 1.21 bits per heavy atom. The number of nitrogens with zero attached hydrogens (tertiary/aromatic N) is 2. The van der Waals surface area contributed by atoms with Crippen LogP contribution in [-0.2, 0) is 9.53 Å². The Balaban J connectivity index is 1.41. The highest BCUT2D eigenvalue weighted by molar-refractivity contribution is 5.80. The Morgan fingerprint density at radius 3 is 2.55 bits per heavy atom. The smallest absolute Gasteiger partial charge is 0.410 e. The summed E-state index contributed by atoms with van der Waals surface area (Å²) in [5.74, 6) is 0.819. The Morgan fingerprint density at radius 2 is 1.97 bits per heavy atom. The number of hydrogen-bond donors (Lipinski definition) is 1. The van der Waals surface area contributed by atoms with E-state index in [-0.39, 0.29) is 24.5 Å². The summed E-state index contributed by atoms with van der Waals surface area (Å²) < 4.78 is 23.6. The average Bonchev–Trinajstić information content (AvgIpc) is 2.81. The van der Waals surface area contributed by atoms with Gasteiger partial charge in [0.25, 0.3) is 0 Å². The first-order valence-electron chi connectivity index (χ1n) is 11.8. The van der Waals surface area contributed by atoms with E-state index in [1.54, 1.807) is 4.90 Å². The van der Waals surface area contributed by atoms with E-state index >= 15 is 0 Å². The number of allylic oxidation sites excluding steroid dienone is 2. The molecule has 1 saturated heterocycles. The third-order valence-electron chi connectivity index (χ3n) is 6.02. The van der Waals surface area contributed by atoms with Crippen molar-refractivity contribution in [2.45, 2.75) is 58.5 Å². The first-order valence-corrected chi connectivity index (χ1v) is 11.8. The summed E-state index contributed by atoms with van der Waals surface area (Å²) in [5.41, 5.74) is 1.74. The van der Waals surface area contributed by atoms with Crippen molar-refractivity contribution in [3.63, 3.8) is 0 Å². The van der Waals surface area contributed by atoms with Gasteiger partial charge in [0, 0.05) is 37.8 Å². The Hall–Kier alpha value is -2.64. The van der Waals surface area contributed by atoms with E-state index < -0.39 is 12.3 Å². The summed E-state index contributed by atoms with van der Waals surface area (Å²) in [5, 5.41) is 2.62. The number of carbonyl (C=O) groups excluding carboxylic acids is 2. The highest BCUT2D eigenvalue weighted by atomic mass is 19.1. The van der Waals surface area contributed by atoms with E-state index in [4.69, 9.17) is 9.47 Å². The van der Waals surface area contributed by atoms with Crippen LogP contribution in [0, 0.1) is 11.8 Å². The summed E-state index contributed by atoms with van der Waals surface area (Å²) in [6, 6.07) is 3.88. The highest BCUT2D eigenvalue weighted by Crippen LogP contribution is 2.30. The molecular formula is C25H36FN3O4. The van der Waals surface area contributed by atoms with Crippen LogP contribution in [-0.4, -0.2) is 60.4 Å². The second kappa shape index (κ2) is 11.5. The van der Waals surface area contributed by atoms with Crippen LogP contribution in [0.3, 0.4) is 0 Å². The van der Waals surface area contributed by atoms with E-state index in [0.29, 0.717) is 37.9 Å². The van der Waals surface area contributed by atoms with Crippen molar-refractivity contribution in [2.24, 2.45) is 11.8 Å². The molecule has 2 amide bonds. The molecule has 1 unspecified atom stereocenters. The van der Waals surface area contributed by atoms with Gasteiger partial charge in [0.2, 0.25) is 11.8 Å². The Kier molecular flexibility index (Phi) is 8.69. The van der Waals surface area contributed by atoms with Gasteiger partial charge in [0.15, 0.2) is 0 Å². The Labute approximate surface area is 195 Å². The lowest BCUT2D eigenvalue weighted by Crippen LogP contribution is -2.42. The average molecular weight is 462 g/mol. The van der Waals surface area contributed by atoms with E-state index in [0.717, 1.165) is 31.2 Å². The van der Waals surface area contributed by atoms with Crippen LogP contribution >= 0.6 is 0 Å². The molecule has 182 valence electrons. The third-order valence-corrected chi connectivity index (χ3v) is 6.02. The topological polar surface area (TPSA) is 80.8 Å². The molecule has 3 rings (SSSR count). The normalized spacial score (nSPS) is 19.6. The van der Waals surface area contributed by atoms with Crippen molar-refractivity contribution < 1.29 is 23.5 Å². The molecule has 8 heteroatoms. The van der Waals surface area contributed by atoms with Crippen LogP contribution in [0.2, 0.25) is 0 Å². The molecule has 1 aromatic heterocycles. The maximum absolute atomic E-state index is 12.2. The van der Waals surface area contributed by atoms with Gasteiger partial charge in [0.05, 0.1) is 6.61 Å². The Bertz CT molecular complexity index is 827. The van der Waals surface area contributed by atoms with Crippen molar-refractivity contribution in [2.75, 3.05) is 32.9 Å². The lowest BCUT2D eigenvalue weighted by Gasteiger charge is -2.33. The van der Waals surface area contributed by atoms with Crippen molar-refractivity contribution in [1.82, 2.24) is 15.2 Å². The molecule has 1 atom stereocenters. The number of nitrogens with one attached hydrogen (secondary N) is 1. The molecule has 1 aromatic rings. The number of rotatable bonds is 7. The molecule has 0 aromatic carbocycles. The minimum Gasteiger partial charge on any atom is -0.477 e. The predicted octanol–water partition coefficient (Wildman–Crippen LogP) is 4.38. The van der Waals surface area contributed by atoms with Gasteiger partial charge in [0.1, 0.15) is 12.3 Å². The van der Waals surface area contributed by atoms with Crippen LogP contribution in [0.4, 0.5) is 9.18 Å². The van der Waals surface area contributed by atoms with E-state index in [2.05, 4.69) is 16.4 Å². The van der Waals surface area contributed by atoms with Crippen LogP contribution < -0.4 is 10.1 Å². The second-order valence-electron chi connectivity index (χ2n) is 9.79. The lowest BCUT2D eigenvalue weighted by atomic mass is 9.86. The number of carbonyl (C=O) groups is 2. The minimum atomic E-state index is -0.537. The molecule has 7 nitrogen and oxygen atoms in total. The highest BCUT2D eigenvalue weighted by Gasteiger charge is 2.27. The predicted molar refractivity (Wildman–Crippen MR) is 125 cm³/mol. The van der Waals surface area contributed by atoms with Gasteiger partial charge in [-0.3, -0.25) is 4.79 Å². The van der Waals surface area contributed by atoms with Gasteiger partial charge >= 0.3 is 6.09 Å². The first kappa shape index (κ1) is 25.0. The van der Waals surface area contributed by atoms with Crippen LogP contribution in [0.25, 0.3) is 5.57 Å². The molecule has 1 aliphatic carbocycles. The summed E-state index contributed by atoms with van der Waals surface area (Å²) in [7, 11) is 0. The SMILES string of the molecule is CC(C)(C)OC(=O)N1CCC(COc2ccc(C3=CCC(C(=O)NCCF)CC3)cn2)CC1. The molecule has 1 fully saturated rings. The molecule has 0 spiro atoms. The summed E-state index contributed by atoms with van der Waals surface area (Å²) in [6.07, 6.45) is 7.62. The molecule has 0 bridgehead atoms. The quantitative estimate of drug-likeness (QED) is 0.652. The third kappa shape index (κ3) is 7.72. The summed E-state index contributed by atoms with van der Waals surface area (Å²) in [6.45, 7) is 7.10. The number of piperidine rings is 1. The van der Waals surface area contributed by atoms with Crippen LogP contribution in [0.15, 0.2) is 24.4 Å². The van der Waals surface area contributed by atoms with Crippen LogP contribution in [0.5, 0.6) is 5.88 Å². The fourth-order valence-corrected chi connectivity index (χ4v) is 4.12. The minimum absolute atomic E-state index is 0.0678. The van der Waals surface area contributed by atoms with Gasteiger partial charge in [-0.2, -0.15) is 0 Å². The molecule has 2 aliphatic rings. The number of amides is 2. The summed E-state index contributed by atoms with van der Waals surface area (Å²) >= 11 is 0. The summed E-state index contributed by atoms with van der Waals surface area (Å²) in [4.78, 5) is 30.4. The van der Waals surface area contributed by atoms with Crippen molar-refractivity contribution in [3.05, 3.63) is 30.0 Å². The number of likely N-dealkylation sites (tertiary alicyclic amines) is 1. The zero-order valence-electron chi connectivity index (χ0n) is 19.9. The molecule has 1 N–H and O–H groups in total. The molecular weight excluding hydrogens is 425 g/mol. The van der Waals surface area contributed by atoms with E-state index in [1.165, 1.54) is 5.57 Å². The number of hydrogen-bond acceptors (Lipinski definition) is 5. The van der Waals surface area contributed by atoms with Gasteiger partial charge in [-0.15, -0.1) is 0 Å². The molecule has 0 saturated carbocycles. The monoisotopic (exact) mass is 461 g/mol. The number of halogens is 1. The molecule has 2 heterocycles. The molecule has 33 heavy (non-hydrogen) atoms. The van der Waals surface area contributed by atoms with Crippen molar-refractivity contribution in [3.8, 4) is 5.88 Å². The molecule has 1 aliphatic heterocycles. The number of alkyl halides is 1. The van der Waals surface area contributed by atoms with Crippen LogP contribution in [0.1, 0.15) is 58.4 Å². The zero-order valence-corrected chi connectivity index (χ0v) is 19.9. The van der Waals surface area contributed by atoms with Crippen molar-refractivity contribution in [1.29, 1.82) is 0 Å². The largest absolute Gasteiger partial charge is 0.477 e. The van der Waals surface area contributed by atoms with Gasteiger partial charge < -0.3 is 19.7 Å². The second-order valence-corrected chi connectivity index (χ2v) is 9.79. The van der Waals surface area contributed by atoms with Gasteiger partial charge in [-0.05, 0) is 76.0 Å². The van der Waals surface area contributed by atoms with Crippen molar-refractivity contribution >= 4 is 17.6 Å². The number of ether oxygens (including phenoxy) is 2. The zero-order chi connectivity index (χ0) is 23.8. The maximum atomic E-state index is 12.2.